The lowest BCUT2D eigenvalue weighted by molar-refractivity contribution is 0.0802. The summed E-state index contributed by atoms with van der Waals surface area (Å²) in [5, 5.41) is 0.670. The molecule has 0 bridgehead atoms. The molecule has 0 saturated carbocycles. The highest BCUT2D eigenvalue weighted by Crippen LogP contribution is 2.41. The van der Waals surface area contributed by atoms with E-state index < -0.39 is 0 Å². The molecule has 1 aliphatic rings. The number of hydrogen-bond acceptors (Lipinski definition) is 3. The van der Waals surface area contributed by atoms with E-state index in [1.165, 1.54) is 0 Å². The zero-order valence-electron chi connectivity index (χ0n) is 15.6. The number of amides is 1. The first-order chi connectivity index (χ1) is 13.6. The Balaban J connectivity index is 1.90. The lowest BCUT2D eigenvalue weighted by Crippen LogP contribution is -2.26. The standard InChI is InChI=1S/C23H19ClN2OS/c1-3-26(2)23(27)16-11-12-21-19(14-16)25-22(15-7-6-8-17(24)13-15)18-9-4-5-10-20(18)28-21/h4-14H,3H2,1-2H3. The van der Waals surface area contributed by atoms with Gasteiger partial charge in [-0.1, -0.05) is 53.7 Å². The number of rotatable bonds is 3. The lowest BCUT2D eigenvalue weighted by Gasteiger charge is -2.15. The first kappa shape index (κ1) is 18.8. The van der Waals surface area contributed by atoms with Crippen LogP contribution in [-0.4, -0.2) is 30.1 Å². The number of benzene rings is 3. The van der Waals surface area contributed by atoms with Crippen molar-refractivity contribution in [3.8, 4) is 0 Å². The molecule has 4 rings (SSSR count). The van der Waals surface area contributed by atoms with Crippen molar-refractivity contribution in [2.24, 2.45) is 4.99 Å². The molecule has 1 aliphatic heterocycles. The average molecular weight is 407 g/mol. The first-order valence-corrected chi connectivity index (χ1v) is 10.3. The van der Waals surface area contributed by atoms with Crippen LogP contribution in [0.5, 0.6) is 0 Å². The van der Waals surface area contributed by atoms with Gasteiger partial charge >= 0.3 is 0 Å². The van der Waals surface area contributed by atoms with E-state index in [1.54, 1.807) is 23.7 Å². The number of hydrogen-bond donors (Lipinski definition) is 0. The molecule has 1 amide bonds. The SMILES string of the molecule is CCN(C)C(=O)c1ccc2c(c1)N=C(c1cccc(Cl)c1)c1ccccc1S2. The van der Waals surface area contributed by atoms with E-state index in [2.05, 4.69) is 12.1 Å². The molecular formula is C23H19ClN2OS. The second-order valence-electron chi connectivity index (χ2n) is 6.57. The van der Waals surface area contributed by atoms with Gasteiger partial charge in [-0.05, 0) is 43.3 Å². The third kappa shape index (κ3) is 3.58. The van der Waals surface area contributed by atoms with E-state index in [0.29, 0.717) is 17.1 Å². The Hall–Kier alpha value is -2.56. The van der Waals surface area contributed by atoms with Crippen LogP contribution in [0.3, 0.4) is 0 Å². The van der Waals surface area contributed by atoms with Gasteiger partial charge < -0.3 is 4.90 Å². The van der Waals surface area contributed by atoms with Crippen molar-refractivity contribution in [3.63, 3.8) is 0 Å². The summed E-state index contributed by atoms with van der Waals surface area (Å²) >= 11 is 7.91. The molecule has 0 fully saturated rings. The zero-order chi connectivity index (χ0) is 19.7. The van der Waals surface area contributed by atoms with Gasteiger partial charge in [0.05, 0.1) is 11.4 Å². The van der Waals surface area contributed by atoms with Crippen molar-refractivity contribution in [2.45, 2.75) is 16.7 Å². The van der Waals surface area contributed by atoms with E-state index in [1.807, 2.05) is 61.5 Å². The minimum absolute atomic E-state index is 0.00318. The largest absolute Gasteiger partial charge is 0.342 e. The molecule has 3 aromatic carbocycles. The van der Waals surface area contributed by atoms with Crippen LogP contribution in [0.15, 0.2) is 81.5 Å². The molecule has 1 heterocycles. The van der Waals surface area contributed by atoms with Crippen molar-refractivity contribution in [3.05, 3.63) is 88.4 Å². The van der Waals surface area contributed by atoms with E-state index in [-0.39, 0.29) is 5.91 Å². The predicted molar refractivity (Wildman–Crippen MR) is 116 cm³/mol. The molecule has 3 nitrogen and oxygen atoms in total. The van der Waals surface area contributed by atoms with Crippen LogP contribution in [0.4, 0.5) is 5.69 Å². The zero-order valence-corrected chi connectivity index (χ0v) is 17.2. The number of carbonyl (C=O) groups is 1. The summed E-state index contributed by atoms with van der Waals surface area (Å²) in [5.41, 5.74) is 4.31. The maximum Gasteiger partial charge on any atom is 0.253 e. The van der Waals surface area contributed by atoms with Gasteiger partial charge in [-0.3, -0.25) is 4.79 Å². The monoisotopic (exact) mass is 406 g/mol. The lowest BCUT2D eigenvalue weighted by atomic mass is 10.0. The Kier molecular flexibility index (Phi) is 5.25. The smallest absolute Gasteiger partial charge is 0.253 e. The van der Waals surface area contributed by atoms with Crippen molar-refractivity contribution >= 4 is 40.7 Å². The fourth-order valence-corrected chi connectivity index (χ4v) is 4.29. The van der Waals surface area contributed by atoms with E-state index in [0.717, 1.165) is 32.3 Å². The summed E-state index contributed by atoms with van der Waals surface area (Å²) < 4.78 is 0. The van der Waals surface area contributed by atoms with Crippen LogP contribution < -0.4 is 0 Å². The molecule has 0 aliphatic carbocycles. The number of nitrogens with zero attached hydrogens (tertiary/aromatic N) is 2. The van der Waals surface area contributed by atoms with Crippen LogP contribution in [0.25, 0.3) is 0 Å². The van der Waals surface area contributed by atoms with Crippen LogP contribution >= 0.6 is 23.4 Å². The topological polar surface area (TPSA) is 32.7 Å². The predicted octanol–water partition coefficient (Wildman–Crippen LogP) is 6.07. The molecule has 3 aromatic rings. The Morgan fingerprint density at radius 2 is 1.86 bits per heavy atom. The van der Waals surface area contributed by atoms with Crippen molar-refractivity contribution in [1.29, 1.82) is 0 Å². The highest BCUT2D eigenvalue weighted by atomic mass is 35.5. The summed E-state index contributed by atoms with van der Waals surface area (Å²) in [6, 6.07) is 21.7. The molecule has 0 atom stereocenters. The van der Waals surface area contributed by atoms with Gasteiger partial charge in [0.25, 0.3) is 5.91 Å². The van der Waals surface area contributed by atoms with Gasteiger partial charge in [-0.25, -0.2) is 4.99 Å². The fraction of sp³-hybridized carbons (Fsp3) is 0.130. The minimum Gasteiger partial charge on any atom is -0.342 e. The summed E-state index contributed by atoms with van der Waals surface area (Å²) in [7, 11) is 1.80. The maximum absolute atomic E-state index is 12.6. The second-order valence-corrected chi connectivity index (χ2v) is 8.09. The van der Waals surface area contributed by atoms with Crippen molar-refractivity contribution in [2.75, 3.05) is 13.6 Å². The second kappa shape index (κ2) is 7.82. The highest BCUT2D eigenvalue weighted by Gasteiger charge is 2.20. The highest BCUT2D eigenvalue weighted by molar-refractivity contribution is 7.99. The number of aliphatic imine (C=N–C) groups is 1. The fourth-order valence-electron chi connectivity index (χ4n) is 3.09. The van der Waals surface area contributed by atoms with E-state index >= 15 is 0 Å². The van der Waals surface area contributed by atoms with E-state index in [9.17, 15) is 4.79 Å². The Labute approximate surface area is 174 Å². The molecule has 140 valence electrons. The Morgan fingerprint density at radius 1 is 1.04 bits per heavy atom. The van der Waals surface area contributed by atoms with Gasteiger partial charge in [-0.15, -0.1) is 0 Å². The molecule has 0 spiro atoms. The summed E-state index contributed by atoms with van der Waals surface area (Å²) in [6.45, 7) is 2.62. The summed E-state index contributed by atoms with van der Waals surface area (Å²) in [5.74, 6) is -0.00318. The van der Waals surface area contributed by atoms with Crippen LogP contribution in [0.2, 0.25) is 5.02 Å². The third-order valence-electron chi connectivity index (χ3n) is 4.72. The normalized spacial score (nSPS) is 12.5. The molecule has 5 heteroatoms. The molecule has 0 N–H and O–H groups in total. The van der Waals surface area contributed by atoms with Crippen LogP contribution in [0, 0.1) is 0 Å². The average Bonchev–Trinajstić information content (AvgIpc) is 2.88. The van der Waals surface area contributed by atoms with Crippen molar-refractivity contribution < 1.29 is 4.79 Å². The Morgan fingerprint density at radius 3 is 2.64 bits per heavy atom. The third-order valence-corrected chi connectivity index (χ3v) is 6.10. The molecule has 0 aromatic heterocycles. The Bertz CT molecular complexity index is 1090. The van der Waals surface area contributed by atoms with Gasteiger partial charge in [-0.2, -0.15) is 0 Å². The van der Waals surface area contributed by atoms with Crippen LogP contribution in [-0.2, 0) is 0 Å². The van der Waals surface area contributed by atoms with Gasteiger partial charge in [0.1, 0.15) is 0 Å². The molecular weight excluding hydrogens is 388 g/mol. The van der Waals surface area contributed by atoms with E-state index in [4.69, 9.17) is 16.6 Å². The molecule has 28 heavy (non-hydrogen) atoms. The number of carbonyl (C=O) groups excluding carboxylic acids is 1. The van der Waals surface area contributed by atoms with Crippen LogP contribution in [0.1, 0.15) is 28.4 Å². The minimum atomic E-state index is -0.00318. The molecule has 0 saturated heterocycles. The van der Waals surface area contributed by atoms with Gasteiger partial charge in [0, 0.05) is 45.1 Å². The number of halogens is 1. The maximum atomic E-state index is 12.6. The van der Waals surface area contributed by atoms with Gasteiger partial charge in [0.15, 0.2) is 0 Å². The molecule has 0 radical (unpaired) electrons. The quantitative estimate of drug-likeness (QED) is 0.414. The van der Waals surface area contributed by atoms with Crippen molar-refractivity contribution in [1.82, 2.24) is 4.90 Å². The number of fused-ring (bicyclic) bond motifs is 2. The summed E-state index contributed by atoms with van der Waals surface area (Å²) in [4.78, 5) is 21.5. The molecule has 0 unspecified atom stereocenters. The summed E-state index contributed by atoms with van der Waals surface area (Å²) in [6.07, 6.45) is 0. The van der Waals surface area contributed by atoms with Gasteiger partial charge in [0.2, 0.25) is 0 Å². The first-order valence-electron chi connectivity index (χ1n) is 9.08.